The summed E-state index contributed by atoms with van der Waals surface area (Å²) >= 11 is 0. The average Bonchev–Trinajstić information content (AvgIpc) is 2.28. The van der Waals surface area contributed by atoms with Crippen LogP contribution in [0.2, 0.25) is 0 Å². The van der Waals surface area contributed by atoms with Crippen molar-refractivity contribution >= 4 is 17.8 Å². The molecule has 0 aromatic carbocycles. The average molecular weight is 234 g/mol. The molecule has 0 radical (unpaired) electrons. The Hall–Kier alpha value is -2.11. The number of nitrogens with two attached hydrogens (primary N) is 1. The number of nitrogens with zero attached hydrogens (tertiary/aromatic N) is 5. The Bertz CT molecular complexity index is 391. The van der Waals surface area contributed by atoms with E-state index in [-0.39, 0.29) is 5.95 Å². The van der Waals surface area contributed by atoms with E-state index in [1.54, 1.807) is 17.1 Å². The van der Waals surface area contributed by atoms with Crippen LogP contribution in [0.25, 0.3) is 0 Å². The Morgan fingerprint density at radius 1 is 1.06 bits per heavy atom. The molecule has 1 aromatic heterocycles. The normalized spacial score (nSPS) is 9.76. The van der Waals surface area contributed by atoms with Crippen LogP contribution in [0.3, 0.4) is 0 Å². The number of hydrogen-bond donors (Lipinski definition) is 1. The SMILES string of the molecule is C=CCN(CC=C)c1nc(N)nc(N(C)C)n1. The van der Waals surface area contributed by atoms with Gasteiger partial charge in [0, 0.05) is 27.2 Å². The molecule has 0 unspecified atom stereocenters. The predicted molar refractivity (Wildman–Crippen MR) is 71.2 cm³/mol. The van der Waals surface area contributed by atoms with Crippen molar-refractivity contribution < 1.29 is 0 Å². The zero-order chi connectivity index (χ0) is 12.8. The Balaban J connectivity index is 3.08. The number of anilines is 3. The zero-order valence-electron chi connectivity index (χ0n) is 10.3. The highest BCUT2D eigenvalue weighted by atomic mass is 15.3. The lowest BCUT2D eigenvalue weighted by molar-refractivity contribution is 0.862. The molecule has 0 saturated carbocycles. The van der Waals surface area contributed by atoms with Crippen molar-refractivity contribution in [3.8, 4) is 0 Å². The van der Waals surface area contributed by atoms with E-state index in [4.69, 9.17) is 5.73 Å². The minimum atomic E-state index is 0.205. The summed E-state index contributed by atoms with van der Waals surface area (Å²) < 4.78 is 0. The van der Waals surface area contributed by atoms with Crippen molar-refractivity contribution in [3.05, 3.63) is 25.3 Å². The van der Waals surface area contributed by atoms with Crippen LogP contribution in [0.5, 0.6) is 0 Å². The monoisotopic (exact) mass is 234 g/mol. The van der Waals surface area contributed by atoms with Gasteiger partial charge >= 0.3 is 0 Å². The molecule has 0 fully saturated rings. The van der Waals surface area contributed by atoms with E-state index < -0.39 is 0 Å². The van der Waals surface area contributed by atoms with Crippen molar-refractivity contribution in [1.29, 1.82) is 0 Å². The van der Waals surface area contributed by atoms with E-state index in [9.17, 15) is 0 Å². The molecule has 6 heteroatoms. The number of aromatic nitrogens is 3. The van der Waals surface area contributed by atoms with Crippen molar-refractivity contribution in [3.63, 3.8) is 0 Å². The highest BCUT2D eigenvalue weighted by Gasteiger charge is 2.11. The number of rotatable bonds is 6. The standard InChI is InChI=1S/C11H18N6/c1-5-7-17(8-6-2)11-14-9(12)13-10(15-11)16(3)4/h5-6H,1-2,7-8H2,3-4H3,(H2,12,13,14,15). The fourth-order valence-corrected chi connectivity index (χ4v) is 1.26. The van der Waals surface area contributed by atoms with Crippen molar-refractivity contribution in [2.24, 2.45) is 0 Å². The summed E-state index contributed by atoms with van der Waals surface area (Å²) in [6.45, 7) is 8.65. The van der Waals surface area contributed by atoms with Gasteiger partial charge in [-0.3, -0.25) is 0 Å². The molecule has 6 nitrogen and oxygen atoms in total. The van der Waals surface area contributed by atoms with Crippen LogP contribution >= 0.6 is 0 Å². The molecule has 2 N–H and O–H groups in total. The van der Waals surface area contributed by atoms with Crippen LogP contribution in [0.4, 0.5) is 17.8 Å². The van der Waals surface area contributed by atoms with Gasteiger partial charge in [0.2, 0.25) is 17.8 Å². The molecule has 0 aliphatic rings. The summed E-state index contributed by atoms with van der Waals surface area (Å²) in [6.07, 6.45) is 3.55. The Morgan fingerprint density at radius 3 is 2.06 bits per heavy atom. The van der Waals surface area contributed by atoms with Crippen LogP contribution in [0.15, 0.2) is 25.3 Å². The minimum absolute atomic E-state index is 0.205. The lowest BCUT2D eigenvalue weighted by Gasteiger charge is -2.20. The molecule has 0 spiro atoms. The van der Waals surface area contributed by atoms with E-state index in [0.717, 1.165) is 0 Å². The van der Waals surface area contributed by atoms with E-state index in [0.29, 0.717) is 25.0 Å². The molecule has 1 rings (SSSR count). The Labute approximate surface area is 101 Å². The molecule has 1 heterocycles. The molecule has 0 aliphatic carbocycles. The maximum atomic E-state index is 5.66. The first-order valence-electron chi connectivity index (χ1n) is 5.24. The minimum Gasteiger partial charge on any atom is -0.368 e. The molecule has 1 aromatic rings. The van der Waals surface area contributed by atoms with E-state index in [2.05, 4.69) is 28.1 Å². The molecule has 0 aliphatic heterocycles. The van der Waals surface area contributed by atoms with Gasteiger partial charge in [0.1, 0.15) is 0 Å². The Morgan fingerprint density at radius 2 is 1.59 bits per heavy atom. The zero-order valence-corrected chi connectivity index (χ0v) is 10.3. The van der Waals surface area contributed by atoms with Gasteiger partial charge in [0.15, 0.2) is 0 Å². The summed E-state index contributed by atoms with van der Waals surface area (Å²) in [6, 6.07) is 0. The van der Waals surface area contributed by atoms with Crippen molar-refractivity contribution in [2.45, 2.75) is 0 Å². The maximum Gasteiger partial charge on any atom is 0.232 e. The van der Waals surface area contributed by atoms with Gasteiger partial charge in [0.05, 0.1) is 0 Å². The quantitative estimate of drug-likeness (QED) is 0.730. The maximum absolute atomic E-state index is 5.66. The summed E-state index contributed by atoms with van der Waals surface area (Å²) in [5.41, 5.74) is 5.66. The first-order chi connectivity index (χ1) is 8.08. The van der Waals surface area contributed by atoms with E-state index in [1.807, 2.05) is 19.0 Å². The van der Waals surface area contributed by atoms with E-state index >= 15 is 0 Å². The molecule has 0 bridgehead atoms. The molecule has 17 heavy (non-hydrogen) atoms. The topological polar surface area (TPSA) is 71.2 Å². The predicted octanol–water partition coefficient (Wildman–Crippen LogP) is 0.698. The first kappa shape index (κ1) is 13.0. The summed E-state index contributed by atoms with van der Waals surface area (Å²) in [4.78, 5) is 16.2. The number of hydrogen-bond acceptors (Lipinski definition) is 6. The van der Waals surface area contributed by atoms with Gasteiger partial charge in [-0.25, -0.2) is 0 Å². The van der Waals surface area contributed by atoms with Crippen LogP contribution in [0, 0.1) is 0 Å². The third kappa shape index (κ3) is 3.44. The lowest BCUT2D eigenvalue weighted by atomic mass is 10.4. The smallest absolute Gasteiger partial charge is 0.232 e. The summed E-state index contributed by atoms with van der Waals surface area (Å²) in [7, 11) is 3.70. The van der Waals surface area contributed by atoms with Gasteiger partial charge in [-0.1, -0.05) is 12.2 Å². The largest absolute Gasteiger partial charge is 0.368 e. The van der Waals surface area contributed by atoms with Gasteiger partial charge in [-0.15, -0.1) is 13.2 Å². The molecular formula is C11H18N6. The number of nitrogen functional groups attached to an aromatic ring is 1. The summed E-state index contributed by atoms with van der Waals surface area (Å²) in [5.74, 6) is 1.27. The summed E-state index contributed by atoms with van der Waals surface area (Å²) in [5, 5.41) is 0. The van der Waals surface area contributed by atoms with Gasteiger partial charge < -0.3 is 15.5 Å². The van der Waals surface area contributed by atoms with Crippen LogP contribution in [0.1, 0.15) is 0 Å². The second-order valence-corrected chi connectivity index (χ2v) is 3.67. The highest BCUT2D eigenvalue weighted by molar-refractivity contribution is 5.43. The fraction of sp³-hybridized carbons (Fsp3) is 0.364. The molecular weight excluding hydrogens is 216 g/mol. The fourth-order valence-electron chi connectivity index (χ4n) is 1.26. The van der Waals surface area contributed by atoms with E-state index in [1.165, 1.54) is 0 Å². The van der Waals surface area contributed by atoms with Crippen LogP contribution < -0.4 is 15.5 Å². The second-order valence-electron chi connectivity index (χ2n) is 3.67. The van der Waals surface area contributed by atoms with Crippen LogP contribution in [-0.4, -0.2) is 42.1 Å². The van der Waals surface area contributed by atoms with Crippen molar-refractivity contribution in [1.82, 2.24) is 15.0 Å². The third-order valence-corrected chi connectivity index (χ3v) is 2.01. The van der Waals surface area contributed by atoms with Crippen molar-refractivity contribution in [2.75, 3.05) is 42.7 Å². The molecule has 0 amide bonds. The molecule has 92 valence electrons. The first-order valence-corrected chi connectivity index (χ1v) is 5.24. The third-order valence-electron chi connectivity index (χ3n) is 2.01. The van der Waals surface area contributed by atoms with Gasteiger partial charge in [-0.2, -0.15) is 15.0 Å². The van der Waals surface area contributed by atoms with Crippen LogP contribution in [-0.2, 0) is 0 Å². The van der Waals surface area contributed by atoms with Gasteiger partial charge in [0.25, 0.3) is 0 Å². The Kier molecular flexibility index (Phi) is 4.45. The molecule has 0 saturated heterocycles. The second kappa shape index (κ2) is 5.83. The lowest BCUT2D eigenvalue weighted by Crippen LogP contribution is -2.27. The molecule has 0 atom stereocenters. The highest BCUT2D eigenvalue weighted by Crippen LogP contribution is 2.13. The van der Waals surface area contributed by atoms with Gasteiger partial charge in [-0.05, 0) is 0 Å².